The number of benzene rings is 1. The lowest BCUT2D eigenvalue weighted by Gasteiger charge is -2.43. The summed E-state index contributed by atoms with van der Waals surface area (Å²) in [5.41, 5.74) is 8.99. The van der Waals surface area contributed by atoms with E-state index in [9.17, 15) is 0 Å². The molecule has 2 N–H and O–H groups in total. The summed E-state index contributed by atoms with van der Waals surface area (Å²) < 4.78 is 0. The number of aryl methyl sites for hydroxylation is 1. The van der Waals surface area contributed by atoms with Crippen LogP contribution in [0.2, 0.25) is 0 Å². The molecule has 0 saturated carbocycles. The molecule has 0 aromatic heterocycles. The van der Waals surface area contributed by atoms with Gasteiger partial charge in [-0.2, -0.15) is 0 Å². The van der Waals surface area contributed by atoms with Gasteiger partial charge < -0.3 is 10.6 Å². The molecule has 1 heterocycles. The zero-order chi connectivity index (χ0) is 14.5. The van der Waals surface area contributed by atoms with Gasteiger partial charge in [-0.25, -0.2) is 0 Å². The van der Waals surface area contributed by atoms with Crippen LogP contribution in [0.25, 0.3) is 0 Å². The van der Waals surface area contributed by atoms with Crippen molar-refractivity contribution in [3.8, 4) is 0 Å². The Morgan fingerprint density at radius 3 is 2.65 bits per heavy atom. The van der Waals surface area contributed by atoms with Gasteiger partial charge in [0.2, 0.25) is 0 Å². The third-order valence-electron chi connectivity index (χ3n) is 4.74. The van der Waals surface area contributed by atoms with Crippen LogP contribution >= 0.6 is 0 Å². The van der Waals surface area contributed by atoms with Crippen molar-refractivity contribution in [2.45, 2.75) is 38.8 Å². The van der Waals surface area contributed by atoms with Crippen LogP contribution in [0.5, 0.6) is 0 Å². The van der Waals surface area contributed by atoms with E-state index in [1.165, 1.54) is 17.5 Å². The van der Waals surface area contributed by atoms with E-state index in [1.54, 1.807) is 0 Å². The maximum Gasteiger partial charge on any atom is 0.0474 e. The van der Waals surface area contributed by atoms with Gasteiger partial charge in [-0.3, -0.25) is 4.90 Å². The molecule has 0 bridgehead atoms. The second-order valence-corrected chi connectivity index (χ2v) is 5.84. The first kappa shape index (κ1) is 15.5. The minimum atomic E-state index is 0.369. The zero-order valence-electron chi connectivity index (χ0n) is 13.2. The predicted molar refractivity (Wildman–Crippen MR) is 85.9 cm³/mol. The van der Waals surface area contributed by atoms with Crippen molar-refractivity contribution >= 4 is 0 Å². The topological polar surface area (TPSA) is 32.5 Å². The molecule has 2 atom stereocenters. The average molecular weight is 275 g/mol. The molecule has 1 aliphatic heterocycles. The summed E-state index contributed by atoms with van der Waals surface area (Å²) in [6.45, 7) is 8.60. The van der Waals surface area contributed by atoms with Crippen LogP contribution < -0.4 is 5.73 Å². The third kappa shape index (κ3) is 3.22. The van der Waals surface area contributed by atoms with Gasteiger partial charge in [0.15, 0.2) is 0 Å². The van der Waals surface area contributed by atoms with E-state index < -0.39 is 0 Å². The number of nitrogens with zero attached hydrogens (tertiary/aromatic N) is 2. The molecule has 2 rings (SSSR count). The van der Waals surface area contributed by atoms with Gasteiger partial charge >= 0.3 is 0 Å². The van der Waals surface area contributed by atoms with E-state index in [0.717, 1.165) is 26.1 Å². The summed E-state index contributed by atoms with van der Waals surface area (Å²) in [6.07, 6.45) is 2.29. The number of piperazine rings is 1. The van der Waals surface area contributed by atoms with Crippen LogP contribution in [0.15, 0.2) is 24.3 Å². The van der Waals surface area contributed by atoms with E-state index in [4.69, 9.17) is 5.73 Å². The number of nitrogens with two attached hydrogens (primary N) is 1. The molecule has 1 aliphatic rings. The Kier molecular flexibility index (Phi) is 5.58. The van der Waals surface area contributed by atoms with Gasteiger partial charge in [0, 0.05) is 38.3 Å². The van der Waals surface area contributed by atoms with E-state index in [-0.39, 0.29) is 0 Å². The molecule has 0 spiro atoms. The maximum atomic E-state index is 6.13. The fourth-order valence-electron chi connectivity index (χ4n) is 3.35. The first-order chi connectivity index (χ1) is 9.71. The normalized spacial score (nSPS) is 22.9. The Bertz CT molecular complexity index is 418. The van der Waals surface area contributed by atoms with Gasteiger partial charge in [0.25, 0.3) is 0 Å². The quantitative estimate of drug-likeness (QED) is 0.895. The summed E-state index contributed by atoms with van der Waals surface area (Å²) in [4.78, 5) is 5.07. The highest BCUT2D eigenvalue weighted by Crippen LogP contribution is 2.26. The summed E-state index contributed by atoms with van der Waals surface area (Å²) in [6, 6.07) is 9.81. The lowest BCUT2D eigenvalue weighted by molar-refractivity contribution is 0.0641. The van der Waals surface area contributed by atoms with Gasteiger partial charge in [0.05, 0.1) is 0 Å². The number of hydrogen-bond acceptors (Lipinski definition) is 3. The first-order valence-electron chi connectivity index (χ1n) is 7.93. The molecule has 1 aromatic carbocycles. The van der Waals surface area contributed by atoms with Crippen LogP contribution in [-0.2, 0) is 6.42 Å². The predicted octanol–water partition coefficient (Wildman–Crippen LogP) is 2.27. The van der Waals surface area contributed by atoms with Gasteiger partial charge in [-0.05, 0) is 31.0 Å². The van der Waals surface area contributed by atoms with Gasteiger partial charge in [-0.1, -0.05) is 38.1 Å². The summed E-state index contributed by atoms with van der Waals surface area (Å²) in [7, 11) is 2.24. The maximum absolute atomic E-state index is 6.13. The third-order valence-corrected chi connectivity index (χ3v) is 4.74. The monoisotopic (exact) mass is 275 g/mol. The molecule has 0 amide bonds. The van der Waals surface area contributed by atoms with Crippen molar-refractivity contribution in [1.29, 1.82) is 0 Å². The van der Waals surface area contributed by atoms with Crippen molar-refractivity contribution in [2.24, 2.45) is 5.73 Å². The molecule has 20 heavy (non-hydrogen) atoms. The first-order valence-corrected chi connectivity index (χ1v) is 7.93. The molecular formula is C17H29N3. The highest BCUT2D eigenvalue weighted by molar-refractivity contribution is 5.30. The Balaban J connectivity index is 2.19. The van der Waals surface area contributed by atoms with Crippen molar-refractivity contribution in [3.63, 3.8) is 0 Å². The van der Waals surface area contributed by atoms with Crippen LogP contribution in [0.1, 0.15) is 37.4 Å². The molecule has 1 aromatic rings. The number of rotatable bonds is 5. The average Bonchev–Trinajstić information content (AvgIpc) is 2.50. The van der Waals surface area contributed by atoms with Crippen molar-refractivity contribution < 1.29 is 0 Å². The van der Waals surface area contributed by atoms with E-state index >= 15 is 0 Å². The largest absolute Gasteiger partial charge is 0.329 e. The Hall–Kier alpha value is -0.900. The number of likely N-dealkylation sites (N-methyl/N-ethyl adjacent to an activating group) is 1. The number of hydrogen-bond donors (Lipinski definition) is 1. The standard InChI is InChI=1S/C17H29N3/c1-4-14-8-6-7-9-16(14)17(12-18)20-11-10-19(3)15(5-2)13-20/h6-9,15,17H,4-5,10-13,18H2,1-3H3. The van der Waals surface area contributed by atoms with Crippen molar-refractivity contribution in [2.75, 3.05) is 33.2 Å². The molecule has 3 heteroatoms. The molecule has 3 nitrogen and oxygen atoms in total. The lowest BCUT2D eigenvalue weighted by Crippen LogP contribution is -2.53. The highest BCUT2D eigenvalue weighted by atomic mass is 15.3. The van der Waals surface area contributed by atoms with Crippen LogP contribution in [0.3, 0.4) is 0 Å². The SMILES string of the molecule is CCc1ccccc1C(CN)N1CCN(C)C(CC)C1. The summed E-state index contributed by atoms with van der Waals surface area (Å²) in [5.74, 6) is 0. The Morgan fingerprint density at radius 2 is 2.00 bits per heavy atom. The second-order valence-electron chi connectivity index (χ2n) is 5.84. The van der Waals surface area contributed by atoms with Crippen molar-refractivity contribution in [1.82, 2.24) is 9.80 Å². The highest BCUT2D eigenvalue weighted by Gasteiger charge is 2.28. The fraction of sp³-hybridized carbons (Fsp3) is 0.647. The molecule has 112 valence electrons. The van der Waals surface area contributed by atoms with E-state index in [0.29, 0.717) is 18.6 Å². The smallest absolute Gasteiger partial charge is 0.0474 e. The zero-order valence-corrected chi connectivity index (χ0v) is 13.2. The molecule has 0 radical (unpaired) electrons. The molecule has 1 saturated heterocycles. The second kappa shape index (κ2) is 7.21. The Labute approximate surface area is 123 Å². The van der Waals surface area contributed by atoms with Crippen LogP contribution in [0, 0.1) is 0 Å². The lowest BCUT2D eigenvalue weighted by atomic mass is 9.96. The molecule has 2 unspecified atom stereocenters. The minimum Gasteiger partial charge on any atom is -0.329 e. The van der Waals surface area contributed by atoms with Gasteiger partial charge in [0.1, 0.15) is 0 Å². The van der Waals surface area contributed by atoms with Gasteiger partial charge in [-0.15, -0.1) is 0 Å². The molecule has 0 aliphatic carbocycles. The van der Waals surface area contributed by atoms with E-state index in [2.05, 4.69) is 55.0 Å². The Morgan fingerprint density at radius 1 is 1.25 bits per heavy atom. The summed E-state index contributed by atoms with van der Waals surface area (Å²) in [5, 5.41) is 0. The minimum absolute atomic E-state index is 0.369. The molecular weight excluding hydrogens is 246 g/mol. The fourth-order valence-corrected chi connectivity index (χ4v) is 3.35. The van der Waals surface area contributed by atoms with Crippen LogP contribution in [-0.4, -0.2) is 49.1 Å². The summed E-state index contributed by atoms with van der Waals surface area (Å²) >= 11 is 0. The molecule has 1 fully saturated rings. The van der Waals surface area contributed by atoms with Crippen molar-refractivity contribution in [3.05, 3.63) is 35.4 Å². The van der Waals surface area contributed by atoms with E-state index in [1.807, 2.05) is 0 Å². The van der Waals surface area contributed by atoms with Crippen LogP contribution in [0.4, 0.5) is 0 Å².